The molecular formula is C19H25ClN4O. The van der Waals surface area contributed by atoms with E-state index in [0.717, 1.165) is 57.8 Å². The number of carbonyl (C=O) groups is 1. The van der Waals surface area contributed by atoms with Crippen molar-refractivity contribution in [3.05, 3.63) is 28.8 Å². The van der Waals surface area contributed by atoms with Crippen LogP contribution in [0.1, 0.15) is 31.2 Å². The van der Waals surface area contributed by atoms with Crippen molar-refractivity contribution < 1.29 is 4.79 Å². The first-order valence-electron chi connectivity index (χ1n) is 9.13. The molecule has 2 saturated heterocycles. The van der Waals surface area contributed by atoms with Crippen molar-refractivity contribution in [1.29, 1.82) is 5.26 Å². The maximum Gasteiger partial charge on any atom is 0.236 e. The minimum Gasteiger partial charge on any atom is -0.368 e. The maximum atomic E-state index is 12.5. The summed E-state index contributed by atoms with van der Waals surface area (Å²) in [7, 11) is 0. The third-order valence-electron chi connectivity index (χ3n) is 5.13. The van der Waals surface area contributed by atoms with E-state index in [9.17, 15) is 10.1 Å². The molecule has 1 amide bonds. The Hall–Kier alpha value is -1.77. The molecule has 5 nitrogen and oxygen atoms in total. The zero-order valence-electron chi connectivity index (χ0n) is 14.6. The summed E-state index contributed by atoms with van der Waals surface area (Å²) in [6.07, 6.45) is 4.74. The smallest absolute Gasteiger partial charge is 0.236 e. The highest BCUT2D eigenvalue weighted by molar-refractivity contribution is 6.32. The van der Waals surface area contributed by atoms with Crippen LogP contribution < -0.4 is 4.90 Å². The van der Waals surface area contributed by atoms with E-state index in [0.29, 0.717) is 17.1 Å². The molecule has 25 heavy (non-hydrogen) atoms. The number of halogens is 1. The minimum absolute atomic E-state index is 0.260. The number of hydrogen-bond donors (Lipinski definition) is 0. The molecule has 1 aromatic rings. The first-order chi connectivity index (χ1) is 12.2. The lowest BCUT2D eigenvalue weighted by atomic mass is 10.1. The highest BCUT2D eigenvalue weighted by Gasteiger charge is 2.23. The Kier molecular flexibility index (Phi) is 6.17. The van der Waals surface area contributed by atoms with Gasteiger partial charge in [-0.15, -0.1) is 0 Å². The Balaban J connectivity index is 1.55. The summed E-state index contributed by atoms with van der Waals surface area (Å²) in [6.45, 7) is 5.60. The van der Waals surface area contributed by atoms with Crippen LogP contribution >= 0.6 is 11.6 Å². The molecule has 0 atom stereocenters. The van der Waals surface area contributed by atoms with Crippen LogP contribution in [0.2, 0.25) is 5.02 Å². The van der Waals surface area contributed by atoms with E-state index in [2.05, 4.69) is 15.9 Å². The lowest BCUT2D eigenvalue weighted by Crippen LogP contribution is -2.50. The summed E-state index contributed by atoms with van der Waals surface area (Å²) in [5.41, 5.74) is 1.44. The van der Waals surface area contributed by atoms with Gasteiger partial charge in [-0.2, -0.15) is 5.26 Å². The van der Waals surface area contributed by atoms with Crippen LogP contribution in [-0.4, -0.2) is 61.5 Å². The number of hydrogen-bond acceptors (Lipinski definition) is 4. The molecule has 2 heterocycles. The number of nitrogens with zero attached hydrogens (tertiary/aromatic N) is 4. The summed E-state index contributed by atoms with van der Waals surface area (Å²) in [5, 5.41) is 9.85. The third-order valence-corrected chi connectivity index (χ3v) is 5.45. The van der Waals surface area contributed by atoms with Crippen molar-refractivity contribution in [2.24, 2.45) is 0 Å². The second kappa shape index (κ2) is 8.55. The van der Waals surface area contributed by atoms with Gasteiger partial charge < -0.3 is 9.80 Å². The predicted octanol–water partition coefficient (Wildman–Crippen LogP) is 2.74. The largest absolute Gasteiger partial charge is 0.368 e. The molecule has 2 aliphatic heterocycles. The predicted molar refractivity (Wildman–Crippen MR) is 99.9 cm³/mol. The standard InChI is InChI=1S/C19H25ClN4O/c20-17-6-5-7-18(16(17)14-21)23-12-10-22(11-13-23)15-19(25)24-8-3-1-2-4-9-24/h5-7H,1-4,8-13,15H2. The van der Waals surface area contributed by atoms with Gasteiger partial charge in [-0.3, -0.25) is 9.69 Å². The van der Waals surface area contributed by atoms with Gasteiger partial charge in [-0.05, 0) is 25.0 Å². The van der Waals surface area contributed by atoms with E-state index >= 15 is 0 Å². The Labute approximate surface area is 154 Å². The average molecular weight is 361 g/mol. The second-order valence-electron chi connectivity index (χ2n) is 6.80. The molecule has 3 rings (SSSR count). The lowest BCUT2D eigenvalue weighted by Gasteiger charge is -2.37. The minimum atomic E-state index is 0.260. The summed E-state index contributed by atoms with van der Waals surface area (Å²) < 4.78 is 0. The van der Waals surface area contributed by atoms with Crippen molar-refractivity contribution in [3.63, 3.8) is 0 Å². The van der Waals surface area contributed by atoms with Crippen LogP contribution in [0.4, 0.5) is 5.69 Å². The van der Waals surface area contributed by atoms with Gasteiger partial charge in [-0.25, -0.2) is 0 Å². The molecule has 0 bridgehead atoms. The number of anilines is 1. The fraction of sp³-hybridized carbons (Fsp3) is 0.579. The number of nitriles is 1. The fourth-order valence-electron chi connectivity index (χ4n) is 3.65. The fourth-order valence-corrected chi connectivity index (χ4v) is 3.86. The van der Waals surface area contributed by atoms with E-state index in [-0.39, 0.29) is 5.91 Å². The highest BCUT2D eigenvalue weighted by atomic mass is 35.5. The van der Waals surface area contributed by atoms with E-state index in [1.165, 1.54) is 12.8 Å². The first kappa shape index (κ1) is 18.0. The molecule has 0 aliphatic carbocycles. The second-order valence-corrected chi connectivity index (χ2v) is 7.21. The summed E-state index contributed by atoms with van der Waals surface area (Å²) in [6, 6.07) is 7.78. The number of benzene rings is 1. The Morgan fingerprint density at radius 1 is 1.04 bits per heavy atom. The number of likely N-dealkylation sites (tertiary alicyclic amines) is 1. The van der Waals surface area contributed by atoms with Gasteiger partial charge in [0, 0.05) is 39.3 Å². The van der Waals surface area contributed by atoms with Gasteiger partial charge in [0.2, 0.25) is 5.91 Å². The van der Waals surface area contributed by atoms with E-state index in [1.54, 1.807) is 6.07 Å². The Bertz CT molecular complexity index is 641. The molecular weight excluding hydrogens is 336 g/mol. The van der Waals surface area contributed by atoms with E-state index in [4.69, 9.17) is 11.6 Å². The summed E-state index contributed by atoms with van der Waals surface area (Å²) in [4.78, 5) is 19.0. The van der Waals surface area contributed by atoms with Gasteiger partial charge >= 0.3 is 0 Å². The molecule has 1 aromatic carbocycles. The normalized spacial score (nSPS) is 19.4. The van der Waals surface area contributed by atoms with Crippen molar-refractivity contribution in [2.75, 3.05) is 50.7 Å². The third kappa shape index (κ3) is 4.45. The molecule has 134 valence electrons. The molecule has 2 aliphatic rings. The van der Waals surface area contributed by atoms with Crippen LogP contribution in [0, 0.1) is 11.3 Å². The zero-order chi connectivity index (χ0) is 17.6. The number of rotatable bonds is 3. The van der Waals surface area contributed by atoms with Crippen molar-refractivity contribution in [2.45, 2.75) is 25.7 Å². The van der Waals surface area contributed by atoms with Gasteiger partial charge in [-0.1, -0.05) is 30.5 Å². The SMILES string of the molecule is N#Cc1c(Cl)cccc1N1CCN(CC(=O)N2CCCCCC2)CC1. The van der Waals surface area contributed by atoms with Gasteiger partial charge in [0.05, 0.1) is 22.8 Å². The summed E-state index contributed by atoms with van der Waals surface area (Å²) in [5.74, 6) is 0.260. The molecule has 0 saturated carbocycles. The quantitative estimate of drug-likeness (QED) is 0.831. The van der Waals surface area contributed by atoms with Gasteiger partial charge in [0.15, 0.2) is 0 Å². The lowest BCUT2D eigenvalue weighted by molar-refractivity contribution is -0.132. The first-order valence-corrected chi connectivity index (χ1v) is 9.50. The number of piperazine rings is 1. The molecule has 0 unspecified atom stereocenters. The monoisotopic (exact) mass is 360 g/mol. The molecule has 0 spiro atoms. The maximum absolute atomic E-state index is 12.5. The van der Waals surface area contributed by atoms with Crippen LogP contribution in [0.5, 0.6) is 0 Å². The molecule has 0 aromatic heterocycles. The topological polar surface area (TPSA) is 50.6 Å². The van der Waals surface area contributed by atoms with Crippen molar-refractivity contribution in [1.82, 2.24) is 9.80 Å². The van der Waals surface area contributed by atoms with Crippen LogP contribution in [0.25, 0.3) is 0 Å². The van der Waals surface area contributed by atoms with Crippen molar-refractivity contribution >= 4 is 23.2 Å². The molecule has 6 heteroatoms. The molecule has 0 radical (unpaired) electrons. The highest BCUT2D eigenvalue weighted by Crippen LogP contribution is 2.27. The van der Waals surface area contributed by atoms with Crippen LogP contribution in [-0.2, 0) is 4.79 Å². The molecule has 2 fully saturated rings. The summed E-state index contributed by atoms with van der Waals surface area (Å²) >= 11 is 6.14. The van der Waals surface area contributed by atoms with E-state index < -0.39 is 0 Å². The number of carbonyl (C=O) groups excluding carboxylic acids is 1. The van der Waals surface area contributed by atoms with Crippen LogP contribution in [0.3, 0.4) is 0 Å². The van der Waals surface area contributed by atoms with Crippen LogP contribution in [0.15, 0.2) is 18.2 Å². The number of amides is 1. The van der Waals surface area contributed by atoms with Gasteiger partial charge in [0.1, 0.15) is 6.07 Å². The van der Waals surface area contributed by atoms with Crippen molar-refractivity contribution in [3.8, 4) is 6.07 Å². The Morgan fingerprint density at radius 3 is 2.36 bits per heavy atom. The Morgan fingerprint density at radius 2 is 1.72 bits per heavy atom. The molecule has 0 N–H and O–H groups in total. The zero-order valence-corrected chi connectivity index (χ0v) is 15.3. The van der Waals surface area contributed by atoms with Gasteiger partial charge in [0.25, 0.3) is 0 Å². The average Bonchev–Trinajstić information content (AvgIpc) is 2.92. The van der Waals surface area contributed by atoms with E-state index in [1.807, 2.05) is 17.0 Å².